The molecule has 0 aliphatic heterocycles. The number of carboxylic acids is 1. The van der Waals surface area contributed by atoms with E-state index in [2.05, 4.69) is 6.07 Å². The Kier molecular flexibility index (Phi) is 4.63. The number of ether oxygens (including phenoxy) is 1. The lowest BCUT2D eigenvalue weighted by atomic mass is 9.95. The first kappa shape index (κ1) is 15.1. The number of rotatable bonds is 5. The fraction of sp³-hybridized carbons (Fsp3) is 0.278. The van der Waals surface area contributed by atoms with Gasteiger partial charge in [0.25, 0.3) is 0 Å². The summed E-state index contributed by atoms with van der Waals surface area (Å²) in [5.74, 6) is 0.000536. The fourth-order valence-corrected chi connectivity index (χ4v) is 2.44. The van der Waals surface area contributed by atoms with Gasteiger partial charge in [-0.05, 0) is 66.8 Å². The molecule has 0 aromatic heterocycles. The van der Waals surface area contributed by atoms with Crippen LogP contribution < -0.4 is 4.74 Å². The van der Waals surface area contributed by atoms with E-state index in [1.54, 1.807) is 12.1 Å². The molecule has 0 aliphatic carbocycles. The van der Waals surface area contributed by atoms with Crippen LogP contribution in [-0.2, 0) is 6.42 Å². The predicted octanol–water partition coefficient (Wildman–Crippen LogP) is 4.32. The van der Waals surface area contributed by atoms with Crippen molar-refractivity contribution >= 4 is 5.97 Å². The highest BCUT2D eigenvalue weighted by atomic mass is 16.5. The van der Waals surface area contributed by atoms with Crippen LogP contribution >= 0.6 is 0 Å². The number of benzene rings is 2. The van der Waals surface area contributed by atoms with Crippen LogP contribution in [0.15, 0.2) is 36.4 Å². The summed E-state index contributed by atoms with van der Waals surface area (Å²) >= 11 is 0. The summed E-state index contributed by atoms with van der Waals surface area (Å²) in [6.07, 6.45) is 0.794. The Balaban J connectivity index is 2.46. The van der Waals surface area contributed by atoms with E-state index in [0.29, 0.717) is 12.2 Å². The average molecular weight is 284 g/mol. The maximum Gasteiger partial charge on any atom is 0.335 e. The van der Waals surface area contributed by atoms with E-state index in [4.69, 9.17) is 9.84 Å². The number of hydrogen-bond donors (Lipinski definition) is 1. The third kappa shape index (κ3) is 3.24. The van der Waals surface area contributed by atoms with Crippen LogP contribution in [0.5, 0.6) is 5.75 Å². The van der Waals surface area contributed by atoms with Gasteiger partial charge in [-0.2, -0.15) is 0 Å². The molecule has 3 heteroatoms. The molecule has 0 bridgehead atoms. The van der Waals surface area contributed by atoms with Crippen LogP contribution in [0.3, 0.4) is 0 Å². The SMILES string of the molecule is CCOc1ccc(-c2ccc(C(=O)O)cc2CC)cc1C. The summed E-state index contributed by atoms with van der Waals surface area (Å²) in [5, 5.41) is 9.09. The van der Waals surface area contributed by atoms with E-state index in [9.17, 15) is 4.79 Å². The third-order valence-corrected chi connectivity index (χ3v) is 3.52. The molecule has 21 heavy (non-hydrogen) atoms. The summed E-state index contributed by atoms with van der Waals surface area (Å²) in [6.45, 7) is 6.67. The van der Waals surface area contributed by atoms with Crippen molar-refractivity contribution < 1.29 is 14.6 Å². The monoisotopic (exact) mass is 284 g/mol. The smallest absolute Gasteiger partial charge is 0.335 e. The minimum Gasteiger partial charge on any atom is -0.494 e. The van der Waals surface area contributed by atoms with Gasteiger partial charge in [-0.15, -0.1) is 0 Å². The molecule has 0 saturated heterocycles. The minimum atomic E-state index is -0.890. The van der Waals surface area contributed by atoms with Crippen molar-refractivity contribution in [1.29, 1.82) is 0 Å². The molecule has 0 aliphatic rings. The zero-order valence-electron chi connectivity index (χ0n) is 12.6. The van der Waals surface area contributed by atoms with Crippen molar-refractivity contribution in [2.24, 2.45) is 0 Å². The Morgan fingerprint density at radius 3 is 2.48 bits per heavy atom. The molecule has 0 fully saturated rings. The highest BCUT2D eigenvalue weighted by Crippen LogP contribution is 2.29. The van der Waals surface area contributed by atoms with E-state index in [1.165, 1.54) is 0 Å². The number of hydrogen-bond acceptors (Lipinski definition) is 2. The van der Waals surface area contributed by atoms with Gasteiger partial charge in [0, 0.05) is 0 Å². The molecule has 0 unspecified atom stereocenters. The molecule has 0 spiro atoms. The van der Waals surface area contributed by atoms with E-state index in [-0.39, 0.29) is 0 Å². The molecule has 0 amide bonds. The number of carbonyl (C=O) groups is 1. The summed E-state index contributed by atoms with van der Waals surface area (Å²) in [6, 6.07) is 11.4. The maximum absolute atomic E-state index is 11.1. The molecule has 0 saturated carbocycles. The second-order valence-corrected chi connectivity index (χ2v) is 4.94. The van der Waals surface area contributed by atoms with Crippen molar-refractivity contribution in [3.05, 3.63) is 53.1 Å². The van der Waals surface area contributed by atoms with Gasteiger partial charge in [-0.25, -0.2) is 4.79 Å². The van der Waals surface area contributed by atoms with E-state index in [0.717, 1.165) is 34.4 Å². The zero-order valence-corrected chi connectivity index (χ0v) is 12.6. The normalized spacial score (nSPS) is 10.4. The Bertz CT molecular complexity index is 660. The van der Waals surface area contributed by atoms with Crippen molar-refractivity contribution in [2.75, 3.05) is 6.61 Å². The molecule has 3 nitrogen and oxygen atoms in total. The lowest BCUT2D eigenvalue weighted by Gasteiger charge is -2.12. The van der Waals surface area contributed by atoms with E-state index < -0.39 is 5.97 Å². The van der Waals surface area contributed by atoms with Crippen LogP contribution in [0.2, 0.25) is 0 Å². The average Bonchev–Trinajstić information content (AvgIpc) is 2.48. The standard InChI is InChI=1S/C18H20O3/c1-4-13-11-15(18(19)20)6-8-16(13)14-7-9-17(21-5-2)12(3)10-14/h6-11H,4-5H2,1-3H3,(H,19,20). The number of aromatic carboxylic acids is 1. The van der Waals surface area contributed by atoms with Gasteiger partial charge < -0.3 is 9.84 Å². The lowest BCUT2D eigenvalue weighted by Crippen LogP contribution is -1.99. The maximum atomic E-state index is 11.1. The predicted molar refractivity (Wildman–Crippen MR) is 84.1 cm³/mol. The first-order chi connectivity index (χ1) is 10.1. The van der Waals surface area contributed by atoms with Gasteiger partial charge >= 0.3 is 5.97 Å². The molecule has 0 radical (unpaired) electrons. The molecule has 2 aromatic carbocycles. The highest BCUT2D eigenvalue weighted by molar-refractivity contribution is 5.89. The molecular formula is C18H20O3. The summed E-state index contributed by atoms with van der Waals surface area (Å²) < 4.78 is 5.56. The highest BCUT2D eigenvalue weighted by Gasteiger charge is 2.10. The molecular weight excluding hydrogens is 264 g/mol. The van der Waals surface area contributed by atoms with Crippen LogP contribution in [0.25, 0.3) is 11.1 Å². The van der Waals surface area contributed by atoms with Crippen molar-refractivity contribution in [1.82, 2.24) is 0 Å². The number of carboxylic acid groups (broad SMARTS) is 1. The topological polar surface area (TPSA) is 46.5 Å². The minimum absolute atomic E-state index is 0.332. The van der Waals surface area contributed by atoms with Gasteiger partial charge in [0.05, 0.1) is 12.2 Å². The third-order valence-electron chi connectivity index (χ3n) is 3.52. The largest absolute Gasteiger partial charge is 0.494 e. The second-order valence-electron chi connectivity index (χ2n) is 4.94. The van der Waals surface area contributed by atoms with Crippen LogP contribution in [0.4, 0.5) is 0 Å². The number of aryl methyl sites for hydroxylation is 2. The first-order valence-electron chi connectivity index (χ1n) is 7.16. The Morgan fingerprint density at radius 2 is 1.90 bits per heavy atom. The summed E-state index contributed by atoms with van der Waals surface area (Å²) in [5.41, 5.74) is 4.62. The van der Waals surface area contributed by atoms with Crippen molar-refractivity contribution in [3.8, 4) is 16.9 Å². The molecule has 1 N–H and O–H groups in total. The van der Waals surface area contributed by atoms with E-state index in [1.807, 2.05) is 39.0 Å². The summed E-state index contributed by atoms with van der Waals surface area (Å²) in [7, 11) is 0. The van der Waals surface area contributed by atoms with Crippen molar-refractivity contribution in [2.45, 2.75) is 27.2 Å². The molecule has 2 rings (SSSR count). The van der Waals surface area contributed by atoms with Gasteiger partial charge in [-0.3, -0.25) is 0 Å². The Hall–Kier alpha value is -2.29. The molecule has 110 valence electrons. The van der Waals surface area contributed by atoms with Crippen LogP contribution in [-0.4, -0.2) is 17.7 Å². The first-order valence-corrected chi connectivity index (χ1v) is 7.16. The molecule has 0 heterocycles. The lowest BCUT2D eigenvalue weighted by molar-refractivity contribution is 0.0697. The van der Waals surface area contributed by atoms with Crippen LogP contribution in [0, 0.1) is 6.92 Å². The van der Waals surface area contributed by atoms with Gasteiger partial charge in [0.15, 0.2) is 0 Å². The van der Waals surface area contributed by atoms with Gasteiger partial charge in [0.2, 0.25) is 0 Å². The van der Waals surface area contributed by atoms with Gasteiger partial charge in [-0.1, -0.05) is 19.1 Å². The molecule has 2 aromatic rings. The van der Waals surface area contributed by atoms with Crippen molar-refractivity contribution in [3.63, 3.8) is 0 Å². The second kappa shape index (κ2) is 6.44. The van der Waals surface area contributed by atoms with E-state index >= 15 is 0 Å². The zero-order chi connectivity index (χ0) is 15.4. The van der Waals surface area contributed by atoms with Gasteiger partial charge in [0.1, 0.15) is 5.75 Å². The fourth-order valence-electron chi connectivity index (χ4n) is 2.44. The quantitative estimate of drug-likeness (QED) is 0.889. The Morgan fingerprint density at radius 1 is 1.14 bits per heavy atom. The summed E-state index contributed by atoms with van der Waals surface area (Å²) in [4.78, 5) is 11.1. The Labute approximate surface area is 125 Å². The van der Waals surface area contributed by atoms with Crippen LogP contribution in [0.1, 0.15) is 35.3 Å². The molecule has 0 atom stereocenters.